The van der Waals surface area contributed by atoms with E-state index in [1.807, 2.05) is 6.07 Å². The highest BCUT2D eigenvalue weighted by molar-refractivity contribution is 5.66. The largest absolute Gasteiger partial charge is 0.465 e. The summed E-state index contributed by atoms with van der Waals surface area (Å²) in [5.41, 5.74) is 3.53. The predicted octanol–water partition coefficient (Wildman–Crippen LogP) is 5.60. The third-order valence-corrected chi connectivity index (χ3v) is 5.87. The summed E-state index contributed by atoms with van der Waals surface area (Å²) in [5.74, 6) is 0.265. The van der Waals surface area contributed by atoms with E-state index in [1.54, 1.807) is 4.90 Å². The number of likely N-dealkylation sites (tertiary alicyclic amines) is 1. The molecule has 1 saturated heterocycles. The van der Waals surface area contributed by atoms with Crippen LogP contribution in [0.25, 0.3) is 11.1 Å². The maximum atomic E-state index is 12.0. The maximum absolute atomic E-state index is 12.0. The van der Waals surface area contributed by atoms with Gasteiger partial charge in [0, 0.05) is 24.5 Å². The van der Waals surface area contributed by atoms with E-state index in [2.05, 4.69) is 88.5 Å². The summed E-state index contributed by atoms with van der Waals surface area (Å²) >= 11 is 0. The molecule has 1 aliphatic rings. The van der Waals surface area contributed by atoms with Crippen LogP contribution in [0, 0.1) is 5.41 Å². The summed E-state index contributed by atoms with van der Waals surface area (Å²) in [5, 5.41) is 13.6. The van der Waals surface area contributed by atoms with Crippen LogP contribution in [-0.2, 0) is 0 Å². The average molecular weight is 395 g/mol. The van der Waals surface area contributed by atoms with E-state index in [0.29, 0.717) is 6.54 Å². The molecule has 0 spiro atoms. The van der Waals surface area contributed by atoms with Gasteiger partial charge in [0.1, 0.15) is 0 Å². The molecule has 29 heavy (non-hydrogen) atoms. The Morgan fingerprint density at radius 3 is 2.31 bits per heavy atom. The summed E-state index contributed by atoms with van der Waals surface area (Å²) in [7, 11) is 0. The molecule has 1 heterocycles. The van der Waals surface area contributed by atoms with Gasteiger partial charge in [-0.3, -0.25) is 0 Å². The number of amides is 1. The molecular weight excluding hydrogens is 360 g/mol. The second kappa shape index (κ2) is 8.58. The quantitative estimate of drug-likeness (QED) is 0.709. The molecule has 4 nitrogen and oxygen atoms in total. The highest BCUT2D eigenvalue weighted by atomic mass is 16.4. The minimum atomic E-state index is -0.822. The van der Waals surface area contributed by atoms with Crippen molar-refractivity contribution in [1.82, 2.24) is 10.2 Å². The Bertz CT molecular complexity index is 826. The van der Waals surface area contributed by atoms with Gasteiger partial charge < -0.3 is 15.3 Å². The topological polar surface area (TPSA) is 52.6 Å². The number of nitrogens with zero attached hydrogens (tertiary/aromatic N) is 1. The Labute approximate surface area is 174 Å². The van der Waals surface area contributed by atoms with Crippen LogP contribution in [0.2, 0.25) is 0 Å². The van der Waals surface area contributed by atoms with Gasteiger partial charge in [0.05, 0.1) is 6.04 Å². The smallest absolute Gasteiger partial charge is 0.407 e. The SMILES string of the molecule is CC(C)N[C@@H]1C(C(C)(C)C)N(C(=O)O)CC[C@H]1c1cccc(-c2ccccc2)c1. The van der Waals surface area contributed by atoms with Crippen LogP contribution in [0.4, 0.5) is 4.79 Å². The molecule has 156 valence electrons. The van der Waals surface area contributed by atoms with E-state index in [4.69, 9.17) is 0 Å². The molecule has 2 aromatic carbocycles. The van der Waals surface area contributed by atoms with Crippen molar-refractivity contribution in [3.63, 3.8) is 0 Å². The predicted molar refractivity (Wildman–Crippen MR) is 119 cm³/mol. The van der Waals surface area contributed by atoms with Crippen LogP contribution in [-0.4, -0.2) is 40.8 Å². The van der Waals surface area contributed by atoms with Gasteiger partial charge in [0.15, 0.2) is 0 Å². The first kappa shape index (κ1) is 21.4. The zero-order chi connectivity index (χ0) is 21.2. The van der Waals surface area contributed by atoms with Gasteiger partial charge in [0.2, 0.25) is 0 Å². The van der Waals surface area contributed by atoms with Crippen molar-refractivity contribution < 1.29 is 9.90 Å². The minimum Gasteiger partial charge on any atom is -0.465 e. The van der Waals surface area contributed by atoms with Crippen LogP contribution in [0.1, 0.15) is 52.5 Å². The van der Waals surface area contributed by atoms with Gasteiger partial charge in [-0.15, -0.1) is 0 Å². The van der Waals surface area contributed by atoms with E-state index in [1.165, 1.54) is 16.7 Å². The Morgan fingerprint density at radius 1 is 1.07 bits per heavy atom. The van der Waals surface area contributed by atoms with Crippen LogP contribution in [0.3, 0.4) is 0 Å². The molecule has 2 N–H and O–H groups in total. The van der Waals surface area contributed by atoms with E-state index in [0.717, 1.165) is 6.42 Å². The number of carboxylic acid groups (broad SMARTS) is 1. The lowest BCUT2D eigenvalue weighted by molar-refractivity contribution is 0.0264. The first-order chi connectivity index (χ1) is 13.7. The van der Waals surface area contributed by atoms with E-state index in [9.17, 15) is 9.90 Å². The number of hydrogen-bond acceptors (Lipinski definition) is 2. The Morgan fingerprint density at radius 2 is 1.72 bits per heavy atom. The summed E-state index contributed by atoms with van der Waals surface area (Å²) in [6, 6.07) is 19.4. The maximum Gasteiger partial charge on any atom is 0.407 e. The molecular formula is C25H34N2O2. The molecule has 1 fully saturated rings. The zero-order valence-electron chi connectivity index (χ0n) is 18.2. The van der Waals surface area contributed by atoms with Gasteiger partial charge >= 0.3 is 6.09 Å². The fraction of sp³-hybridized carbons (Fsp3) is 0.480. The van der Waals surface area contributed by atoms with Crippen molar-refractivity contribution in [3.8, 4) is 11.1 Å². The second-order valence-corrected chi connectivity index (χ2v) is 9.52. The molecule has 2 aromatic rings. The van der Waals surface area contributed by atoms with E-state index >= 15 is 0 Å². The number of hydrogen-bond donors (Lipinski definition) is 2. The standard InChI is InChI=1S/C25H34N2O2/c1-17(2)26-22-21(14-15-27(24(28)29)23(22)25(3,4)5)20-13-9-12-19(16-20)18-10-7-6-8-11-18/h6-13,16-17,21-23,26H,14-15H2,1-5H3,(H,28,29)/t21-,22-,23?/m0/s1. The Hall–Kier alpha value is -2.33. The lowest BCUT2D eigenvalue weighted by atomic mass is 9.71. The third-order valence-electron chi connectivity index (χ3n) is 5.87. The van der Waals surface area contributed by atoms with Crippen LogP contribution in [0.15, 0.2) is 54.6 Å². The number of rotatable bonds is 4. The van der Waals surface area contributed by atoms with Crippen molar-refractivity contribution in [2.45, 2.75) is 65.1 Å². The lowest BCUT2D eigenvalue weighted by Gasteiger charge is -2.51. The zero-order valence-corrected chi connectivity index (χ0v) is 18.2. The lowest BCUT2D eigenvalue weighted by Crippen LogP contribution is -2.64. The molecule has 4 heteroatoms. The van der Waals surface area contributed by atoms with Crippen molar-refractivity contribution in [2.75, 3.05) is 6.54 Å². The normalized spacial score (nSPS) is 22.7. The number of benzene rings is 2. The fourth-order valence-electron chi connectivity index (χ4n) is 4.78. The van der Waals surface area contributed by atoms with Gasteiger partial charge in [-0.25, -0.2) is 4.79 Å². The monoisotopic (exact) mass is 394 g/mol. The molecule has 0 aliphatic carbocycles. The summed E-state index contributed by atoms with van der Waals surface area (Å²) in [4.78, 5) is 13.7. The van der Waals surface area contributed by atoms with Crippen LogP contribution >= 0.6 is 0 Å². The van der Waals surface area contributed by atoms with Gasteiger partial charge in [-0.05, 0) is 28.5 Å². The van der Waals surface area contributed by atoms with E-state index in [-0.39, 0.29) is 29.5 Å². The molecule has 3 rings (SSSR count). The molecule has 1 unspecified atom stereocenters. The Kier molecular flexibility index (Phi) is 6.33. The molecule has 0 radical (unpaired) electrons. The highest BCUT2D eigenvalue weighted by Crippen LogP contribution is 2.40. The first-order valence-corrected chi connectivity index (χ1v) is 10.6. The summed E-state index contributed by atoms with van der Waals surface area (Å²) in [6.07, 6.45) is -0.00131. The van der Waals surface area contributed by atoms with Gasteiger partial charge in [-0.2, -0.15) is 0 Å². The van der Waals surface area contributed by atoms with Crippen molar-refractivity contribution in [3.05, 3.63) is 60.2 Å². The Balaban J connectivity index is 2.02. The fourth-order valence-corrected chi connectivity index (χ4v) is 4.78. The van der Waals surface area contributed by atoms with E-state index < -0.39 is 6.09 Å². The van der Waals surface area contributed by atoms with Crippen molar-refractivity contribution in [2.24, 2.45) is 5.41 Å². The van der Waals surface area contributed by atoms with Crippen molar-refractivity contribution >= 4 is 6.09 Å². The molecule has 0 saturated carbocycles. The first-order valence-electron chi connectivity index (χ1n) is 10.6. The third kappa shape index (κ3) is 4.81. The van der Waals surface area contributed by atoms with Crippen LogP contribution in [0.5, 0.6) is 0 Å². The molecule has 3 atom stereocenters. The van der Waals surface area contributed by atoms with Crippen molar-refractivity contribution in [1.29, 1.82) is 0 Å². The number of carbonyl (C=O) groups is 1. The minimum absolute atomic E-state index is 0.0610. The van der Waals surface area contributed by atoms with Gasteiger partial charge in [-0.1, -0.05) is 89.2 Å². The molecule has 1 aliphatic heterocycles. The summed E-state index contributed by atoms with van der Waals surface area (Å²) < 4.78 is 0. The average Bonchev–Trinajstić information content (AvgIpc) is 2.67. The molecule has 0 bridgehead atoms. The molecule has 1 amide bonds. The van der Waals surface area contributed by atoms with Crippen LogP contribution < -0.4 is 5.32 Å². The summed E-state index contributed by atoms with van der Waals surface area (Å²) in [6.45, 7) is 11.3. The highest BCUT2D eigenvalue weighted by Gasteiger charge is 2.46. The molecule has 0 aromatic heterocycles. The number of piperidine rings is 1. The second-order valence-electron chi connectivity index (χ2n) is 9.52. The van der Waals surface area contributed by atoms with Gasteiger partial charge in [0.25, 0.3) is 0 Å². The number of nitrogens with one attached hydrogen (secondary N) is 1.